The van der Waals surface area contributed by atoms with Crippen molar-refractivity contribution in [3.8, 4) is 0 Å². The summed E-state index contributed by atoms with van der Waals surface area (Å²) in [5.74, 6) is 0.826. The molecule has 2 aliphatic rings. The Morgan fingerprint density at radius 1 is 1.19 bits per heavy atom. The second kappa shape index (κ2) is 8.26. The summed E-state index contributed by atoms with van der Waals surface area (Å²) in [6.45, 7) is 3.13. The van der Waals surface area contributed by atoms with Gasteiger partial charge in [-0.3, -0.25) is 14.8 Å². The molecule has 144 valence electrons. The predicted octanol–water partition coefficient (Wildman–Crippen LogP) is 3.13. The van der Waals surface area contributed by atoms with Crippen molar-refractivity contribution >= 4 is 5.91 Å². The maximum absolute atomic E-state index is 12.7. The number of piperidine rings is 1. The average Bonchev–Trinajstić information content (AvgIpc) is 3.12. The fourth-order valence-corrected chi connectivity index (χ4v) is 4.45. The SMILES string of the molecule is CN(Cc1n[nH]c2c1CCCC2)C(=O)CN1CCC(c2ccccc2)CC1. The van der Waals surface area contributed by atoms with Gasteiger partial charge in [-0.05, 0) is 68.7 Å². The quantitative estimate of drug-likeness (QED) is 0.884. The molecule has 1 N–H and O–H groups in total. The smallest absolute Gasteiger partial charge is 0.236 e. The minimum absolute atomic E-state index is 0.195. The lowest BCUT2D eigenvalue weighted by Gasteiger charge is -2.32. The number of nitrogens with zero attached hydrogens (tertiary/aromatic N) is 3. The standard InChI is InChI=1S/C22H30N4O/c1-25(15-21-19-9-5-6-10-20(19)23-24-21)22(27)16-26-13-11-18(12-14-26)17-7-3-2-4-8-17/h2-4,7-8,18H,5-6,9-16H2,1H3,(H,23,24). The third kappa shape index (κ3) is 4.24. The van der Waals surface area contributed by atoms with Crippen LogP contribution in [0.25, 0.3) is 0 Å². The zero-order valence-electron chi connectivity index (χ0n) is 16.3. The Labute approximate surface area is 161 Å². The number of aromatic nitrogens is 2. The van der Waals surface area contributed by atoms with Crippen molar-refractivity contribution in [3.63, 3.8) is 0 Å². The van der Waals surface area contributed by atoms with Gasteiger partial charge in [0.15, 0.2) is 0 Å². The van der Waals surface area contributed by atoms with Gasteiger partial charge in [0.25, 0.3) is 0 Å². The summed E-state index contributed by atoms with van der Waals surface area (Å²) in [6.07, 6.45) is 6.92. The van der Waals surface area contributed by atoms with Crippen molar-refractivity contribution < 1.29 is 4.79 Å². The molecule has 4 rings (SSSR count). The van der Waals surface area contributed by atoms with Gasteiger partial charge in [-0.1, -0.05) is 30.3 Å². The maximum Gasteiger partial charge on any atom is 0.236 e. The second-order valence-electron chi connectivity index (χ2n) is 8.05. The molecule has 0 unspecified atom stereocenters. The fraction of sp³-hybridized carbons (Fsp3) is 0.545. The lowest BCUT2D eigenvalue weighted by atomic mass is 9.89. The molecule has 5 heteroatoms. The molecule has 1 amide bonds. The molecule has 1 aliphatic heterocycles. The average molecular weight is 367 g/mol. The van der Waals surface area contributed by atoms with E-state index < -0.39 is 0 Å². The molecule has 5 nitrogen and oxygen atoms in total. The number of amides is 1. The Bertz CT molecular complexity index is 762. The minimum atomic E-state index is 0.195. The number of carbonyl (C=O) groups is 1. The maximum atomic E-state index is 12.7. The zero-order chi connectivity index (χ0) is 18.6. The molecule has 2 heterocycles. The van der Waals surface area contributed by atoms with Crippen molar-refractivity contribution in [2.75, 3.05) is 26.7 Å². The van der Waals surface area contributed by atoms with Crippen LogP contribution in [0, 0.1) is 0 Å². The topological polar surface area (TPSA) is 52.2 Å². The van der Waals surface area contributed by atoms with Gasteiger partial charge in [0.2, 0.25) is 5.91 Å². The van der Waals surface area contributed by atoms with E-state index in [2.05, 4.69) is 45.4 Å². The lowest BCUT2D eigenvalue weighted by molar-refractivity contribution is -0.132. The van der Waals surface area contributed by atoms with E-state index in [4.69, 9.17) is 0 Å². The molecule has 1 aromatic heterocycles. The third-order valence-corrected chi connectivity index (χ3v) is 6.17. The van der Waals surface area contributed by atoms with Gasteiger partial charge >= 0.3 is 0 Å². The highest BCUT2D eigenvalue weighted by Gasteiger charge is 2.24. The van der Waals surface area contributed by atoms with E-state index in [1.54, 1.807) is 0 Å². The van der Waals surface area contributed by atoms with Crippen LogP contribution in [0.5, 0.6) is 0 Å². The van der Waals surface area contributed by atoms with Crippen LogP contribution in [0.1, 0.15) is 54.1 Å². The number of aryl methyl sites for hydroxylation is 1. The molecule has 0 atom stereocenters. The highest BCUT2D eigenvalue weighted by molar-refractivity contribution is 5.78. The number of likely N-dealkylation sites (N-methyl/N-ethyl adjacent to an activating group) is 1. The summed E-state index contributed by atoms with van der Waals surface area (Å²) in [7, 11) is 1.91. The van der Waals surface area contributed by atoms with Crippen molar-refractivity contribution in [2.24, 2.45) is 0 Å². The molecule has 1 saturated heterocycles. The molecule has 0 spiro atoms. The highest BCUT2D eigenvalue weighted by atomic mass is 16.2. The van der Waals surface area contributed by atoms with Crippen LogP contribution in [0.15, 0.2) is 30.3 Å². The van der Waals surface area contributed by atoms with E-state index in [9.17, 15) is 4.79 Å². The molecular weight excluding hydrogens is 336 g/mol. The molecule has 1 aromatic carbocycles. The van der Waals surface area contributed by atoms with Gasteiger partial charge in [-0.2, -0.15) is 5.10 Å². The highest BCUT2D eigenvalue weighted by Crippen LogP contribution is 2.28. The van der Waals surface area contributed by atoms with Gasteiger partial charge in [0.05, 0.1) is 18.8 Å². The summed E-state index contributed by atoms with van der Waals surface area (Å²) in [6, 6.07) is 10.8. The Balaban J connectivity index is 1.27. The lowest BCUT2D eigenvalue weighted by Crippen LogP contribution is -2.41. The molecule has 0 bridgehead atoms. The van der Waals surface area contributed by atoms with Crippen LogP contribution in [-0.2, 0) is 24.2 Å². The van der Waals surface area contributed by atoms with Gasteiger partial charge < -0.3 is 4.90 Å². The number of H-pyrrole nitrogens is 1. The summed E-state index contributed by atoms with van der Waals surface area (Å²) >= 11 is 0. The first-order chi connectivity index (χ1) is 13.2. The van der Waals surface area contributed by atoms with Crippen molar-refractivity contribution in [1.29, 1.82) is 0 Å². The minimum Gasteiger partial charge on any atom is -0.339 e. The summed E-state index contributed by atoms with van der Waals surface area (Å²) in [5, 5.41) is 7.65. The summed E-state index contributed by atoms with van der Waals surface area (Å²) < 4.78 is 0. The Hall–Kier alpha value is -2.14. The van der Waals surface area contributed by atoms with E-state index >= 15 is 0 Å². The molecular formula is C22H30N4O. The fourth-order valence-electron chi connectivity index (χ4n) is 4.45. The summed E-state index contributed by atoms with van der Waals surface area (Å²) in [4.78, 5) is 16.8. The van der Waals surface area contributed by atoms with E-state index in [1.165, 1.54) is 29.7 Å². The monoisotopic (exact) mass is 366 g/mol. The van der Waals surface area contributed by atoms with Crippen molar-refractivity contribution in [1.82, 2.24) is 20.0 Å². The van der Waals surface area contributed by atoms with Crippen LogP contribution in [0.2, 0.25) is 0 Å². The number of likely N-dealkylation sites (tertiary alicyclic amines) is 1. The number of hydrogen-bond donors (Lipinski definition) is 1. The predicted molar refractivity (Wildman–Crippen MR) is 107 cm³/mol. The first-order valence-corrected chi connectivity index (χ1v) is 10.3. The van der Waals surface area contributed by atoms with Gasteiger partial charge in [-0.15, -0.1) is 0 Å². The van der Waals surface area contributed by atoms with E-state index in [1.807, 2.05) is 11.9 Å². The van der Waals surface area contributed by atoms with Crippen LogP contribution in [0.3, 0.4) is 0 Å². The molecule has 1 fully saturated rings. The molecule has 2 aromatic rings. The van der Waals surface area contributed by atoms with Gasteiger partial charge in [0.1, 0.15) is 0 Å². The largest absolute Gasteiger partial charge is 0.339 e. The number of rotatable bonds is 5. The molecule has 1 aliphatic carbocycles. The molecule has 27 heavy (non-hydrogen) atoms. The first kappa shape index (κ1) is 18.2. The number of fused-ring (bicyclic) bond motifs is 1. The van der Waals surface area contributed by atoms with E-state index in [0.29, 0.717) is 19.0 Å². The molecule has 0 radical (unpaired) electrons. The first-order valence-electron chi connectivity index (χ1n) is 10.3. The number of carbonyl (C=O) groups excluding carboxylic acids is 1. The van der Waals surface area contributed by atoms with Crippen molar-refractivity contribution in [2.45, 2.75) is 51.0 Å². The van der Waals surface area contributed by atoms with Gasteiger partial charge in [-0.25, -0.2) is 0 Å². The van der Waals surface area contributed by atoms with Crippen LogP contribution >= 0.6 is 0 Å². The Morgan fingerprint density at radius 2 is 1.93 bits per heavy atom. The Morgan fingerprint density at radius 3 is 2.70 bits per heavy atom. The van der Waals surface area contributed by atoms with Crippen LogP contribution in [0.4, 0.5) is 0 Å². The normalized spacial score (nSPS) is 18.3. The zero-order valence-corrected chi connectivity index (χ0v) is 16.3. The third-order valence-electron chi connectivity index (χ3n) is 6.17. The van der Waals surface area contributed by atoms with Crippen LogP contribution in [-0.4, -0.2) is 52.6 Å². The number of nitrogens with one attached hydrogen (secondary N) is 1. The van der Waals surface area contributed by atoms with E-state index in [0.717, 1.165) is 44.5 Å². The van der Waals surface area contributed by atoms with Gasteiger partial charge in [0, 0.05) is 12.7 Å². The molecule has 0 saturated carbocycles. The number of aromatic amines is 1. The van der Waals surface area contributed by atoms with Crippen molar-refractivity contribution in [3.05, 3.63) is 52.8 Å². The van der Waals surface area contributed by atoms with E-state index in [-0.39, 0.29) is 5.91 Å². The second-order valence-corrected chi connectivity index (χ2v) is 8.05. The number of hydrogen-bond acceptors (Lipinski definition) is 3. The van der Waals surface area contributed by atoms with Crippen LogP contribution < -0.4 is 0 Å². The number of benzene rings is 1. The Kier molecular flexibility index (Phi) is 5.58. The summed E-state index contributed by atoms with van der Waals surface area (Å²) in [5.41, 5.74) is 5.12.